The number of amides is 3. The molecular weight excluding hydrogens is 641 g/mol. The van der Waals surface area contributed by atoms with E-state index in [9.17, 15) is 9.59 Å². The molecular formula is C32H39BBrClN7O2. The standard InChI is InChI=1S/C32H39BrClN7O2.B/c1-21-35-11-13-39(21)14-12-36-31(42)28-20-40(15-16-41(28)32(43)38-26-5-3-2-4-6-26)30-27-10-9-25(34)18-22(27)7-8-23-17-24(33)19-37-29(23)30;/h9-11,13,17-19,26,28,30H,2-8,12,14-16,20H2,1H3,(H,36,42)(H,38,43);/t28-,30?;/m1./s1. The molecule has 3 heterocycles. The smallest absolute Gasteiger partial charge is 0.318 e. The fourth-order valence-corrected chi connectivity index (χ4v) is 7.42. The van der Waals surface area contributed by atoms with Gasteiger partial charge < -0.3 is 20.1 Å². The maximum absolute atomic E-state index is 13.9. The molecule has 1 aliphatic heterocycles. The molecule has 9 nitrogen and oxygen atoms in total. The van der Waals surface area contributed by atoms with E-state index < -0.39 is 6.04 Å². The van der Waals surface area contributed by atoms with Gasteiger partial charge in [0.25, 0.3) is 0 Å². The summed E-state index contributed by atoms with van der Waals surface area (Å²) in [6.07, 6.45) is 12.7. The summed E-state index contributed by atoms with van der Waals surface area (Å²) in [5.74, 6) is 0.756. The maximum atomic E-state index is 13.9. The molecule has 3 aromatic rings. The van der Waals surface area contributed by atoms with Crippen molar-refractivity contribution < 1.29 is 9.59 Å². The molecule has 3 radical (unpaired) electrons. The highest BCUT2D eigenvalue weighted by molar-refractivity contribution is 9.10. The Hall–Kier alpha value is -2.89. The Labute approximate surface area is 274 Å². The number of carbonyl (C=O) groups excluding carboxylic acids is 2. The molecule has 12 heteroatoms. The highest BCUT2D eigenvalue weighted by atomic mass is 79.9. The Kier molecular flexibility index (Phi) is 10.7. The van der Waals surface area contributed by atoms with Gasteiger partial charge in [-0.25, -0.2) is 9.78 Å². The first-order chi connectivity index (χ1) is 20.9. The number of aromatic nitrogens is 3. The Balaban J connectivity index is 0.00000384. The lowest BCUT2D eigenvalue weighted by molar-refractivity contribution is -0.127. The van der Waals surface area contributed by atoms with Crippen LogP contribution in [0.4, 0.5) is 4.79 Å². The largest absolute Gasteiger partial charge is 0.352 e. The summed E-state index contributed by atoms with van der Waals surface area (Å²) in [6, 6.07) is 7.48. The van der Waals surface area contributed by atoms with E-state index in [-0.39, 0.29) is 32.4 Å². The summed E-state index contributed by atoms with van der Waals surface area (Å²) in [5, 5.41) is 7.09. The first-order valence-electron chi connectivity index (χ1n) is 15.4. The molecule has 1 aromatic carbocycles. The lowest BCUT2D eigenvalue weighted by atomic mass is 9.95. The van der Waals surface area contributed by atoms with Crippen molar-refractivity contribution in [2.75, 3.05) is 26.2 Å². The molecule has 3 aliphatic rings. The zero-order valence-electron chi connectivity index (χ0n) is 25.1. The minimum atomic E-state index is -0.640. The number of urea groups is 1. The van der Waals surface area contributed by atoms with Crippen LogP contribution in [0.25, 0.3) is 0 Å². The summed E-state index contributed by atoms with van der Waals surface area (Å²) in [5.41, 5.74) is 4.54. The highest BCUT2D eigenvalue weighted by Crippen LogP contribution is 2.38. The van der Waals surface area contributed by atoms with Crippen molar-refractivity contribution in [3.05, 3.63) is 80.6 Å². The van der Waals surface area contributed by atoms with Crippen LogP contribution in [0.3, 0.4) is 0 Å². The highest BCUT2D eigenvalue weighted by Gasteiger charge is 2.40. The van der Waals surface area contributed by atoms with E-state index in [4.69, 9.17) is 16.6 Å². The number of piperazine rings is 1. The van der Waals surface area contributed by atoms with Crippen LogP contribution in [0.5, 0.6) is 0 Å². The molecule has 2 N–H and O–H groups in total. The predicted molar refractivity (Wildman–Crippen MR) is 176 cm³/mol. The number of aryl methyl sites for hydroxylation is 3. The van der Waals surface area contributed by atoms with Crippen LogP contribution in [-0.2, 0) is 24.2 Å². The van der Waals surface area contributed by atoms with Gasteiger partial charge in [-0.15, -0.1) is 0 Å². The lowest BCUT2D eigenvalue weighted by Gasteiger charge is -2.44. The van der Waals surface area contributed by atoms with Gasteiger partial charge >= 0.3 is 6.03 Å². The van der Waals surface area contributed by atoms with E-state index in [0.717, 1.165) is 60.1 Å². The molecule has 0 spiro atoms. The molecule has 0 bridgehead atoms. The number of benzene rings is 1. The van der Waals surface area contributed by atoms with Crippen molar-refractivity contribution in [3.63, 3.8) is 0 Å². The number of fused-ring (bicyclic) bond motifs is 2. The van der Waals surface area contributed by atoms with Crippen molar-refractivity contribution in [3.8, 4) is 0 Å². The van der Waals surface area contributed by atoms with Gasteiger partial charge in [0.1, 0.15) is 11.9 Å². The molecule has 1 saturated heterocycles. The number of nitrogens with one attached hydrogen (secondary N) is 2. The Bertz CT molecular complexity index is 1430. The van der Waals surface area contributed by atoms with Gasteiger partial charge in [-0.1, -0.05) is 36.9 Å². The van der Waals surface area contributed by atoms with Crippen LogP contribution < -0.4 is 10.6 Å². The summed E-state index contributed by atoms with van der Waals surface area (Å²) >= 11 is 10.1. The Morgan fingerprint density at radius 3 is 2.64 bits per heavy atom. The van der Waals surface area contributed by atoms with Gasteiger partial charge in [0.2, 0.25) is 5.91 Å². The van der Waals surface area contributed by atoms with E-state index in [0.29, 0.717) is 37.7 Å². The van der Waals surface area contributed by atoms with Crippen molar-refractivity contribution in [1.82, 2.24) is 35.0 Å². The number of rotatable bonds is 6. The van der Waals surface area contributed by atoms with Crippen molar-refractivity contribution in [2.24, 2.45) is 0 Å². The molecule has 6 rings (SSSR count). The van der Waals surface area contributed by atoms with Crippen LogP contribution in [0.1, 0.15) is 66.4 Å². The van der Waals surface area contributed by atoms with Gasteiger partial charge in [0.05, 0.1) is 11.7 Å². The van der Waals surface area contributed by atoms with Crippen LogP contribution in [0.2, 0.25) is 5.02 Å². The Morgan fingerprint density at radius 1 is 1.07 bits per heavy atom. The van der Waals surface area contributed by atoms with Gasteiger partial charge in [-0.05, 0) is 83.4 Å². The molecule has 2 aromatic heterocycles. The maximum Gasteiger partial charge on any atom is 0.318 e. The minimum Gasteiger partial charge on any atom is -0.352 e. The van der Waals surface area contributed by atoms with Crippen LogP contribution in [-0.4, -0.2) is 82.9 Å². The first-order valence-corrected chi connectivity index (χ1v) is 16.5. The van der Waals surface area contributed by atoms with Gasteiger partial charge in [-0.3, -0.25) is 14.7 Å². The second-order valence-corrected chi connectivity index (χ2v) is 13.2. The molecule has 44 heavy (non-hydrogen) atoms. The van der Waals surface area contributed by atoms with Crippen molar-refractivity contribution in [2.45, 2.75) is 76.5 Å². The average Bonchev–Trinajstić information content (AvgIpc) is 3.35. The lowest BCUT2D eigenvalue weighted by Crippen LogP contribution is -2.63. The SMILES string of the molecule is Cc1nccn1CCNC(=O)[C@H]1CN(C2c3ccc(Cl)cc3CCc3cc(Br)cnc32)CCN1C(=O)NC1CCCCC1.[B]. The van der Waals surface area contributed by atoms with Crippen LogP contribution >= 0.6 is 27.5 Å². The van der Waals surface area contributed by atoms with Gasteiger partial charge in [0.15, 0.2) is 0 Å². The minimum absolute atomic E-state index is 0. The molecule has 1 unspecified atom stereocenters. The van der Waals surface area contributed by atoms with Gasteiger partial charge in [-0.2, -0.15) is 0 Å². The van der Waals surface area contributed by atoms with E-state index in [1.54, 1.807) is 11.1 Å². The number of imidazole rings is 1. The summed E-state index contributed by atoms with van der Waals surface area (Å²) in [7, 11) is 0. The quantitative estimate of drug-likeness (QED) is 0.370. The third-order valence-corrected chi connectivity index (χ3v) is 9.81. The number of nitrogens with zero attached hydrogens (tertiary/aromatic N) is 5. The number of halogens is 2. The first kappa shape index (κ1) is 32.5. The molecule has 2 aliphatic carbocycles. The summed E-state index contributed by atoms with van der Waals surface area (Å²) < 4.78 is 2.96. The zero-order valence-corrected chi connectivity index (χ0v) is 27.5. The molecule has 231 valence electrons. The normalized spacial score (nSPS) is 20.6. The predicted octanol–water partition coefficient (Wildman–Crippen LogP) is 4.65. The monoisotopic (exact) mass is 678 g/mol. The molecule has 1 saturated carbocycles. The third-order valence-electron chi connectivity index (χ3n) is 9.14. The topological polar surface area (TPSA) is 95.4 Å². The number of carbonyl (C=O) groups is 2. The van der Waals surface area contributed by atoms with Crippen molar-refractivity contribution in [1.29, 1.82) is 0 Å². The second-order valence-electron chi connectivity index (χ2n) is 11.9. The molecule has 2 fully saturated rings. The number of pyridine rings is 1. The number of hydrogen-bond donors (Lipinski definition) is 2. The average molecular weight is 680 g/mol. The van der Waals surface area contributed by atoms with Crippen LogP contribution in [0.15, 0.2) is 47.3 Å². The molecule has 2 atom stereocenters. The Morgan fingerprint density at radius 2 is 1.86 bits per heavy atom. The second kappa shape index (κ2) is 14.5. The summed E-state index contributed by atoms with van der Waals surface area (Å²) in [6.45, 7) is 4.49. The van der Waals surface area contributed by atoms with Gasteiger partial charge in [0, 0.05) is 75.3 Å². The van der Waals surface area contributed by atoms with Crippen LogP contribution in [0, 0.1) is 6.92 Å². The fourth-order valence-electron chi connectivity index (χ4n) is 6.85. The fraction of sp³-hybridized carbons (Fsp3) is 0.500. The summed E-state index contributed by atoms with van der Waals surface area (Å²) in [4.78, 5) is 40.8. The van der Waals surface area contributed by atoms with E-state index in [1.165, 1.54) is 17.5 Å². The van der Waals surface area contributed by atoms with Crippen molar-refractivity contribution >= 4 is 47.9 Å². The molecule has 3 amide bonds. The van der Waals surface area contributed by atoms with E-state index in [2.05, 4.69) is 54.6 Å². The van der Waals surface area contributed by atoms with E-state index >= 15 is 0 Å². The third kappa shape index (κ3) is 7.16. The van der Waals surface area contributed by atoms with E-state index in [1.807, 2.05) is 30.0 Å². The number of hydrogen-bond acceptors (Lipinski definition) is 5. The zero-order chi connectivity index (χ0) is 29.9.